The van der Waals surface area contributed by atoms with Crippen molar-refractivity contribution in [1.29, 1.82) is 0 Å². The third kappa shape index (κ3) is 3.29. The van der Waals surface area contributed by atoms with Gasteiger partial charge in [0.1, 0.15) is 5.82 Å². The molecule has 0 radical (unpaired) electrons. The molecule has 1 aromatic heterocycles. The Morgan fingerprint density at radius 2 is 1.80 bits per heavy atom. The van der Waals surface area contributed by atoms with E-state index in [1.54, 1.807) is 0 Å². The highest BCUT2D eigenvalue weighted by molar-refractivity contribution is 5.50. The lowest BCUT2D eigenvalue weighted by molar-refractivity contribution is 0.856. The maximum atomic E-state index is 5.80. The molecule has 20 heavy (non-hydrogen) atoms. The molecule has 1 aromatic carbocycles. The number of hydrogen-bond acceptors (Lipinski definition) is 3. The van der Waals surface area contributed by atoms with Gasteiger partial charge in [-0.1, -0.05) is 18.2 Å². The summed E-state index contributed by atoms with van der Waals surface area (Å²) in [6.07, 6.45) is 1.02. The number of pyridine rings is 1. The van der Waals surface area contributed by atoms with E-state index >= 15 is 0 Å². The molecule has 2 aromatic rings. The van der Waals surface area contributed by atoms with Crippen LogP contribution in [0.2, 0.25) is 0 Å². The zero-order chi connectivity index (χ0) is 14.7. The number of nitrogen functional groups attached to an aromatic ring is 1. The first-order chi connectivity index (χ1) is 9.47. The lowest BCUT2D eigenvalue weighted by atomic mass is 10.0. The molecule has 0 saturated heterocycles. The molecule has 0 bridgehead atoms. The van der Waals surface area contributed by atoms with E-state index in [0.717, 1.165) is 30.2 Å². The molecule has 2 N–H and O–H groups in total. The van der Waals surface area contributed by atoms with Crippen molar-refractivity contribution < 1.29 is 0 Å². The van der Waals surface area contributed by atoms with Crippen molar-refractivity contribution in [2.24, 2.45) is 0 Å². The Labute approximate surface area is 121 Å². The van der Waals surface area contributed by atoms with Gasteiger partial charge in [-0.05, 0) is 56.0 Å². The number of rotatable bonds is 4. The van der Waals surface area contributed by atoms with Crippen molar-refractivity contribution in [2.45, 2.75) is 27.2 Å². The molecule has 3 heteroatoms. The van der Waals surface area contributed by atoms with Gasteiger partial charge in [-0.2, -0.15) is 0 Å². The Hall–Kier alpha value is -2.03. The Balaban J connectivity index is 2.02. The van der Waals surface area contributed by atoms with E-state index in [4.69, 9.17) is 5.73 Å². The van der Waals surface area contributed by atoms with Crippen molar-refractivity contribution in [2.75, 3.05) is 24.2 Å². The lowest BCUT2D eigenvalue weighted by Gasteiger charge is -2.19. The van der Waals surface area contributed by atoms with Crippen LogP contribution in [0.4, 0.5) is 11.5 Å². The predicted octanol–water partition coefficient (Wildman–Crippen LogP) is 3.27. The summed E-state index contributed by atoms with van der Waals surface area (Å²) in [5.74, 6) is 0.973. The van der Waals surface area contributed by atoms with Crippen LogP contribution in [0.3, 0.4) is 0 Å². The smallest absolute Gasteiger partial charge is 0.128 e. The minimum atomic E-state index is 0.747. The second kappa shape index (κ2) is 5.95. The van der Waals surface area contributed by atoms with Crippen molar-refractivity contribution >= 4 is 11.5 Å². The molecule has 106 valence electrons. The van der Waals surface area contributed by atoms with E-state index in [2.05, 4.69) is 49.0 Å². The van der Waals surface area contributed by atoms with Crippen LogP contribution in [0.5, 0.6) is 0 Å². The normalized spacial score (nSPS) is 10.6. The number of aryl methyl sites for hydroxylation is 3. The van der Waals surface area contributed by atoms with Crippen molar-refractivity contribution in [1.82, 2.24) is 4.98 Å². The van der Waals surface area contributed by atoms with Crippen LogP contribution >= 0.6 is 0 Å². The molecular weight excluding hydrogens is 246 g/mol. The summed E-state index contributed by atoms with van der Waals surface area (Å²) in [4.78, 5) is 6.69. The summed E-state index contributed by atoms with van der Waals surface area (Å²) in [6, 6.07) is 10.6. The van der Waals surface area contributed by atoms with Crippen molar-refractivity contribution in [3.05, 3.63) is 52.7 Å². The summed E-state index contributed by atoms with van der Waals surface area (Å²) in [5.41, 5.74) is 11.5. The molecule has 0 aliphatic heterocycles. The molecule has 3 nitrogen and oxygen atoms in total. The first kappa shape index (κ1) is 14.4. The summed E-state index contributed by atoms with van der Waals surface area (Å²) < 4.78 is 0. The van der Waals surface area contributed by atoms with Gasteiger partial charge in [0, 0.05) is 13.6 Å². The molecule has 0 fully saturated rings. The number of nitrogens with two attached hydrogens (primary N) is 1. The Morgan fingerprint density at radius 3 is 2.45 bits per heavy atom. The first-order valence-electron chi connectivity index (χ1n) is 6.98. The topological polar surface area (TPSA) is 42.1 Å². The van der Waals surface area contributed by atoms with Crippen LogP contribution in [-0.4, -0.2) is 18.6 Å². The van der Waals surface area contributed by atoms with E-state index in [9.17, 15) is 0 Å². The molecular formula is C17H23N3. The summed E-state index contributed by atoms with van der Waals surface area (Å²) in [5, 5.41) is 0. The van der Waals surface area contributed by atoms with Gasteiger partial charge in [0.25, 0.3) is 0 Å². The Morgan fingerprint density at radius 1 is 1.05 bits per heavy atom. The highest BCUT2D eigenvalue weighted by Crippen LogP contribution is 2.16. The first-order valence-corrected chi connectivity index (χ1v) is 6.98. The van der Waals surface area contributed by atoms with Gasteiger partial charge in [0.2, 0.25) is 0 Å². The van der Waals surface area contributed by atoms with Gasteiger partial charge in [0.15, 0.2) is 0 Å². The lowest BCUT2D eigenvalue weighted by Crippen LogP contribution is -2.21. The van der Waals surface area contributed by atoms with Gasteiger partial charge in [-0.25, -0.2) is 4.98 Å². The zero-order valence-electron chi connectivity index (χ0n) is 12.8. The standard InChI is InChI=1S/C17H23N3/c1-12-5-6-15(11-13(12)2)9-10-20(4)17-8-7-16(18)14(3)19-17/h5-8,11H,9-10,18H2,1-4H3. The Kier molecular flexibility index (Phi) is 4.28. The van der Waals surface area contributed by atoms with Gasteiger partial charge >= 0.3 is 0 Å². The Bertz CT molecular complexity index is 605. The molecule has 1 heterocycles. The van der Waals surface area contributed by atoms with Crippen molar-refractivity contribution in [3.8, 4) is 0 Å². The zero-order valence-corrected chi connectivity index (χ0v) is 12.8. The third-order valence-electron chi connectivity index (χ3n) is 3.81. The SMILES string of the molecule is Cc1ccc(CCN(C)c2ccc(N)c(C)n2)cc1C. The molecule has 0 aliphatic carbocycles. The third-order valence-corrected chi connectivity index (χ3v) is 3.81. The highest BCUT2D eigenvalue weighted by atomic mass is 15.2. The number of hydrogen-bond donors (Lipinski definition) is 1. The minimum Gasteiger partial charge on any atom is -0.397 e. The maximum absolute atomic E-state index is 5.80. The van der Waals surface area contributed by atoms with Crippen LogP contribution in [0.1, 0.15) is 22.4 Å². The van der Waals surface area contributed by atoms with Crippen LogP contribution < -0.4 is 10.6 Å². The van der Waals surface area contributed by atoms with E-state index in [-0.39, 0.29) is 0 Å². The quantitative estimate of drug-likeness (QED) is 0.926. The fourth-order valence-corrected chi connectivity index (χ4v) is 2.14. The molecule has 0 unspecified atom stereocenters. The average molecular weight is 269 g/mol. The van der Waals surface area contributed by atoms with Gasteiger partial charge in [-0.3, -0.25) is 0 Å². The number of benzene rings is 1. The summed E-state index contributed by atoms with van der Waals surface area (Å²) in [6.45, 7) is 7.19. The summed E-state index contributed by atoms with van der Waals surface area (Å²) >= 11 is 0. The predicted molar refractivity (Wildman–Crippen MR) is 86.3 cm³/mol. The monoisotopic (exact) mass is 269 g/mol. The van der Waals surface area contributed by atoms with E-state index in [0.29, 0.717) is 0 Å². The van der Waals surface area contributed by atoms with Gasteiger partial charge in [0.05, 0.1) is 11.4 Å². The van der Waals surface area contributed by atoms with E-state index < -0.39 is 0 Å². The molecule has 2 rings (SSSR count). The highest BCUT2D eigenvalue weighted by Gasteiger charge is 2.05. The number of aromatic nitrogens is 1. The second-order valence-corrected chi connectivity index (χ2v) is 5.43. The molecule has 0 saturated carbocycles. The molecule has 0 aliphatic rings. The number of anilines is 2. The molecule has 0 amide bonds. The second-order valence-electron chi connectivity index (χ2n) is 5.43. The number of likely N-dealkylation sites (N-methyl/N-ethyl adjacent to an activating group) is 1. The van der Waals surface area contributed by atoms with Crippen LogP contribution in [0.25, 0.3) is 0 Å². The minimum absolute atomic E-state index is 0.747. The maximum Gasteiger partial charge on any atom is 0.128 e. The van der Waals surface area contributed by atoms with Crippen LogP contribution in [-0.2, 0) is 6.42 Å². The molecule has 0 atom stereocenters. The summed E-state index contributed by atoms with van der Waals surface area (Å²) in [7, 11) is 2.07. The van der Waals surface area contributed by atoms with Crippen LogP contribution in [0.15, 0.2) is 30.3 Å². The average Bonchev–Trinajstić information content (AvgIpc) is 2.43. The van der Waals surface area contributed by atoms with E-state index in [1.807, 2.05) is 19.1 Å². The number of nitrogens with zero attached hydrogens (tertiary/aromatic N) is 2. The van der Waals surface area contributed by atoms with E-state index in [1.165, 1.54) is 16.7 Å². The van der Waals surface area contributed by atoms with Gasteiger partial charge < -0.3 is 10.6 Å². The van der Waals surface area contributed by atoms with Crippen molar-refractivity contribution in [3.63, 3.8) is 0 Å². The largest absolute Gasteiger partial charge is 0.397 e. The fourth-order valence-electron chi connectivity index (χ4n) is 2.14. The molecule has 0 spiro atoms. The fraction of sp³-hybridized carbons (Fsp3) is 0.353. The van der Waals surface area contributed by atoms with Gasteiger partial charge in [-0.15, -0.1) is 0 Å². The van der Waals surface area contributed by atoms with Crippen LogP contribution in [0, 0.1) is 20.8 Å².